The van der Waals surface area contributed by atoms with Crippen molar-refractivity contribution < 1.29 is 31.6 Å². The Kier molecular flexibility index (Phi) is 7.75. The minimum absolute atomic E-state index is 0. The number of nitro groups is 2. The predicted octanol–water partition coefficient (Wildman–Crippen LogP) is 0.332. The second-order valence-electron chi connectivity index (χ2n) is 6.73. The van der Waals surface area contributed by atoms with Crippen LogP contribution in [-0.4, -0.2) is 15.8 Å². The smallest absolute Gasteiger partial charge is 0.290 e. The number of aromatic nitrogens is 1. The Morgan fingerprint density at radius 1 is 0.935 bits per heavy atom. The van der Waals surface area contributed by atoms with Gasteiger partial charge in [0, 0.05) is 30.3 Å². The van der Waals surface area contributed by atoms with Gasteiger partial charge in [-0.25, -0.2) is 0 Å². The number of rotatable bonds is 7. The van der Waals surface area contributed by atoms with E-state index >= 15 is 0 Å². The summed E-state index contributed by atoms with van der Waals surface area (Å²) in [6.45, 7) is 1.65. The van der Waals surface area contributed by atoms with Crippen LogP contribution >= 0.6 is 0 Å². The summed E-state index contributed by atoms with van der Waals surface area (Å²) in [7, 11) is 0. The van der Waals surface area contributed by atoms with Gasteiger partial charge in [-0.1, -0.05) is 18.2 Å². The van der Waals surface area contributed by atoms with E-state index < -0.39 is 9.85 Å². The molecule has 1 amide bonds. The van der Waals surface area contributed by atoms with E-state index in [4.69, 9.17) is 0 Å². The highest BCUT2D eigenvalue weighted by atomic mass is 35.5. The molecule has 1 heterocycles. The van der Waals surface area contributed by atoms with Crippen molar-refractivity contribution in [3.8, 4) is 0 Å². The van der Waals surface area contributed by atoms with Gasteiger partial charge in [0.25, 0.3) is 17.3 Å². The molecule has 0 aliphatic carbocycles. The third-order valence-electron chi connectivity index (χ3n) is 4.62. The van der Waals surface area contributed by atoms with Crippen LogP contribution in [0.25, 0.3) is 0 Å². The number of benzene rings is 2. The van der Waals surface area contributed by atoms with E-state index in [0.29, 0.717) is 17.7 Å². The molecule has 31 heavy (non-hydrogen) atoms. The zero-order valence-corrected chi connectivity index (χ0v) is 17.3. The third kappa shape index (κ3) is 6.06. The van der Waals surface area contributed by atoms with Crippen LogP contribution in [0.2, 0.25) is 0 Å². The van der Waals surface area contributed by atoms with Gasteiger partial charge in [0.05, 0.1) is 21.1 Å². The van der Waals surface area contributed by atoms with Gasteiger partial charge in [0.1, 0.15) is 0 Å². The molecule has 0 radical (unpaired) electrons. The van der Waals surface area contributed by atoms with Crippen molar-refractivity contribution in [2.24, 2.45) is 0 Å². The Bertz CT molecular complexity index is 1100. The highest BCUT2D eigenvalue weighted by Gasteiger charge is 2.16. The lowest BCUT2D eigenvalue weighted by Crippen LogP contribution is -3.00. The zero-order valence-electron chi connectivity index (χ0n) is 16.5. The number of nitrogens with one attached hydrogen (secondary N) is 1. The maximum absolute atomic E-state index is 12.3. The maximum Gasteiger partial charge on any atom is 0.290 e. The predicted molar refractivity (Wildman–Crippen MR) is 109 cm³/mol. The summed E-state index contributed by atoms with van der Waals surface area (Å²) in [5, 5.41) is 24.4. The fourth-order valence-corrected chi connectivity index (χ4v) is 2.99. The molecule has 0 fully saturated rings. The van der Waals surface area contributed by atoms with E-state index in [1.165, 1.54) is 24.3 Å². The quantitative estimate of drug-likeness (QED) is 0.321. The zero-order chi connectivity index (χ0) is 21.7. The molecule has 0 aliphatic rings. The van der Waals surface area contributed by atoms with Crippen LogP contribution in [0.3, 0.4) is 0 Å². The normalized spacial score (nSPS) is 10.1. The van der Waals surface area contributed by atoms with E-state index in [1.54, 1.807) is 42.1 Å². The number of amides is 1. The molecule has 0 unspecified atom stereocenters. The number of hydrogen-bond acceptors (Lipinski definition) is 5. The van der Waals surface area contributed by atoms with Gasteiger partial charge < -0.3 is 17.7 Å². The topological polar surface area (TPSA) is 119 Å². The number of pyridine rings is 1. The van der Waals surface area contributed by atoms with Crippen LogP contribution in [-0.2, 0) is 17.8 Å². The summed E-state index contributed by atoms with van der Waals surface area (Å²) in [5.41, 5.74) is 2.75. The number of halogens is 1. The molecule has 0 saturated heterocycles. The lowest BCUT2D eigenvalue weighted by Gasteiger charge is -2.07. The summed E-state index contributed by atoms with van der Waals surface area (Å²) in [6.07, 6.45) is 4.14. The third-order valence-corrected chi connectivity index (χ3v) is 4.62. The minimum atomic E-state index is -0.483. The Hall–Kier alpha value is -3.85. The van der Waals surface area contributed by atoms with Gasteiger partial charge in [-0.05, 0) is 30.5 Å². The van der Waals surface area contributed by atoms with E-state index in [1.807, 2.05) is 12.1 Å². The molecule has 160 valence electrons. The Morgan fingerprint density at radius 2 is 1.55 bits per heavy atom. The molecule has 1 aromatic heterocycles. The van der Waals surface area contributed by atoms with Gasteiger partial charge in [0.2, 0.25) is 6.54 Å². The molecule has 9 nitrogen and oxygen atoms in total. The molecule has 0 saturated carbocycles. The van der Waals surface area contributed by atoms with Crippen molar-refractivity contribution in [2.45, 2.75) is 19.9 Å². The van der Waals surface area contributed by atoms with Crippen molar-refractivity contribution in [2.75, 3.05) is 5.32 Å². The van der Waals surface area contributed by atoms with Gasteiger partial charge in [-0.3, -0.25) is 25.0 Å². The minimum Gasteiger partial charge on any atom is -1.00 e. The van der Waals surface area contributed by atoms with Crippen LogP contribution in [0.4, 0.5) is 17.1 Å². The summed E-state index contributed by atoms with van der Waals surface area (Å²) >= 11 is 0. The molecule has 2 aromatic carbocycles. The second kappa shape index (κ2) is 10.3. The molecule has 3 rings (SSSR count). The van der Waals surface area contributed by atoms with Crippen molar-refractivity contribution in [3.05, 3.63) is 104 Å². The number of carbonyl (C=O) groups is 1. The summed E-state index contributed by atoms with van der Waals surface area (Å²) in [5.74, 6) is -0.299. The number of carbonyl (C=O) groups excluding carboxylic acids is 1. The van der Waals surface area contributed by atoms with Crippen LogP contribution < -0.4 is 22.3 Å². The largest absolute Gasteiger partial charge is 1.00 e. The molecule has 10 heteroatoms. The molecule has 0 atom stereocenters. The standard InChI is InChI=1S/C21H18N4O5.ClH/c1-15-19(3-2-4-20(15)25(29)30)22-21(26)14-23-11-9-17(10-12-23)13-16-5-7-18(8-6-16)24(27)28;/h2-12H,13-14H2,1H3;1H. The molecule has 1 N–H and O–H groups in total. The van der Waals surface area contributed by atoms with E-state index in [2.05, 4.69) is 5.32 Å². The molecule has 0 bridgehead atoms. The fraction of sp³-hybridized carbons (Fsp3) is 0.143. The average Bonchev–Trinajstić information content (AvgIpc) is 2.71. The van der Waals surface area contributed by atoms with Crippen molar-refractivity contribution in [1.82, 2.24) is 0 Å². The molecular weight excluding hydrogens is 424 g/mol. The Morgan fingerprint density at radius 3 is 2.13 bits per heavy atom. The SMILES string of the molecule is Cc1c(NC(=O)C[n+]2ccc(Cc3ccc([N+](=O)[O-])cc3)cc2)cccc1[N+](=O)[O-].[Cl-]. The summed E-state index contributed by atoms with van der Waals surface area (Å²) < 4.78 is 1.70. The number of nitro benzene ring substituents is 2. The summed E-state index contributed by atoms with van der Waals surface area (Å²) in [4.78, 5) is 33.1. The first-order valence-electron chi connectivity index (χ1n) is 9.08. The Balaban J connectivity index is 0.00000341. The number of anilines is 1. The molecule has 0 aliphatic heterocycles. The number of nitrogens with zero attached hydrogens (tertiary/aromatic N) is 3. The van der Waals surface area contributed by atoms with E-state index in [9.17, 15) is 25.0 Å². The van der Waals surface area contributed by atoms with Crippen LogP contribution in [0.5, 0.6) is 0 Å². The maximum atomic E-state index is 12.3. The van der Waals surface area contributed by atoms with Gasteiger partial charge in [-0.15, -0.1) is 0 Å². The first-order valence-corrected chi connectivity index (χ1v) is 9.08. The van der Waals surface area contributed by atoms with E-state index in [0.717, 1.165) is 11.1 Å². The first-order chi connectivity index (χ1) is 14.3. The van der Waals surface area contributed by atoms with Crippen LogP contribution in [0.1, 0.15) is 16.7 Å². The molecule has 3 aromatic rings. The van der Waals surface area contributed by atoms with Crippen molar-refractivity contribution >= 4 is 23.0 Å². The summed E-state index contributed by atoms with van der Waals surface area (Å²) in [6, 6.07) is 14.7. The van der Waals surface area contributed by atoms with Crippen molar-refractivity contribution in [3.63, 3.8) is 0 Å². The van der Waals surface area contributed by atoms with Crippen LogP contribution in [0, 0.1) is 27.2 Å². The van der Waals surface area contributed by atoms with Gasteiger partial charge in [-0.2, -0.15) is 4.57 Å². The lowest BCUT2D eigenvalue weighted by atomic mass is 10.1. The highest BCUT2D eigenvalue weighted by molar-refractivity contribution is 5.91. The molecular formula is C21H19ClN4O5. The first kappa shape index (κ1) is 23.4. The van der Waals surface area contributed by atoms with Crippen molar-refractivity contribution in [1.29, 1.82) is 0 Å². The Labute approximate surface area is 184 Å². The van der Waals surface area contributed by atoms with Gasteiger partial charge >= 0.3 is 0 Å². The number of non-ortho nitro benzene ring substituents is 1. The lowest BCUT2D eigenvalue weighted by molar-refractivity contribution is -0.684. The molecule has 0 spiro atoms. The number of hydrogen-bond donors (Lipinski definition) is 1. The second-order valence-corrected chi connectivity index (χ2v) is 6.73. The fourth-order valence-electron chi connectivity index (χ4n) is 2.99. The van der Waals surface area contributed by atoms with Gasteiger partial charge in [0.15, 0.2) is 12.4 Å². The average molecular weight is 443 g/mol. The van der Waals surface area contributed by atoms with Crippen LogP contribution in [0.15, 0.2) is 67.0 Å². The monoisotopic (exact) mass is 442 g/mol. The van der Waals surface area contributed by atoms with E-state index in [-0.39, 0.29) is 36.2 Å². The highest BCUT2D eigenvalue weighted by Crippen LogP contribution is 2.24.